The average molecular weight is 240 g/mol. The Hall–Kier alpha value is -1.38. The van der Waals surface area contributed by atoms with Crippen molar-refractivity contribution >= 4 is 10.8 Å². The van der Waals surface area contributed by atoms with Crippen LogP contribution in [-0.2, 0) is 20.7 Å². The predicted molar refractivity (Wildman–Crippen MR) is 70.6 cm³/mol. The van der Waals surface area contributed by atoms with Gasteiger partial charge in [-0.3, -0.25) is 0 Å². The molecule has 0 bridgehead atoms. The second kappa shape index (κ2) is 3.14. The molecule has 2 fully saturated rings. The van der Waals surface area contributed by atoms with E-state index in [0.29, 0.717) is 0 Å². The maximum absolute atomic E-state index is 5.60. The smallest absolute Gasteiger partial charge is 0.114 e. The highest BCUT2D eigenvalue weighted by atomic mass is 16.6. The van der Waals surface area contributed by atoms with E-state index in [0.717, 1.165) is 13.2 Å². The van der Waals surface area contributed by atoms with Gasteiger partial charge in [0.2, 0.25) is 0 Å². The van der Waals surface area contributed by atoms with E-state index in [2.05, 4.69) is 50.2 Å². The van der Waals surface area contributed by atoms with Gasteiger partial charge in [-0.15, -0.1) is 0 Å². The number of benzene rings is 2. The third-order valence-corrected chi connectivity index (χ3v) is 4.22. The van der Waals surface area contributed by atoms with E-state index in [1.54, 1.807) is 0 Å². The van der Waals surface area contributed by atoms with Gasteiger partial charge in [0.05, 0.1) is 13.2 Å². The van der Waals surface area contributed by atoms with Crippen LogP contribution in [0.5, 0.6) is 0 Å². The van der Waals surface area contributed by atoms with Crippen molar-refractivity contribution in [2.45, 2.75) is 25.0 Å². The van der Waals surface area contributed by atoms with Crippen LogP contribution >= 0.6 is 0 Å². The fraction of sp³-hybridized carbons (Fsp3) is 0.375. The summed E-state index contributed by atoms with van der Waals surface area (Å²) < 4.78 is 11.2. The second-order valence-corrected chi connectivity index (χ2v) is 5.75. The molecule has 2 unspecified atom stereocenters. The van der Waals surface area contributed by atoms with Gasteiger partial charge in [-0.1, -0.05) is 36.4 Å². The lowest BCUT2D eigenvalue weighted by molar-refractivity contribution is 0.329. The van der Waals surface area contributed by atoms with Crippen LogP contribution in [-0.4, -0.2) is 13.2 Å². The van der Waals surface area contributed by atoms with E-state index in [1.807, 2.05) is 0 Å². The fourth-order valence-corrected chi connectivity index (χ4v) is 2.76. The summed E-state index contributed by atoms with van der Waals surface area (Å²) in [6.45, 7) is 5.96. The minimum atomic E-state index is -0.0799. The molecule has 0 amide bonds. The third kappa shape index (κ3) is 1.36. The molecule has 0 radical (unpaired) electrons. The monoisotopic (exact) mass is 240 g/mol. The van der Waals surface area contributed by atoms with Crippen LogP contribution in [0.3, 0.4) is 0 Å². The molecule has 0 spiro atoms. The van der Waals surface area contributed by atoms with Crippen LogP contribution in [0.2, 0.25) is 0 Å². The zero-order chi connectivity index (χ0) is 12.4. The van der Waals surface area contributed by atoms with Gasteiger partial charge in [-0.2, -0.15) is 0 Å². The first kappa shape index (κ1) is 10.5. The van der Waals surface area contributed by atoms with E-state index >= 15 is 0 Å². The molecule has 18 heavy (non-hydrogen) atoms. The molecule has 2 heterocycles. The van der Waals surface area contributed by atoms with E-state index in [4.69, 9.17) is 9.47 Å². The summed E-state index contributed by atoms with van der Waals surface area (Å²) in [6, 6.07) is 13.0. The lowest BCUT2D eigenvalue weighted by atomic mass is 9.89. The highest BCUT2D eigenvalue weighted by molar-refractivity contribution is 5.90. The van der Waals surface area contributed by atoms with Crippen molar-refractivity contribution in [3.8, 4) is 0 Å². The van der Waals surface area contributed by atoms with Crippen LogP contribution in [0.4, 0.5) is 0 Å². The lowest BCUT2D eigenvalue weighted by Crippen LogP contribution is -2.06. The van der Waals surface area contributed by atoms with E-state index < -0.39 is 0 Å². The first-order chi connectivity index (χ1) is 8.62. The topological polar surface area (TPSA) is 25.1 Å². The Labute approximate surface area is 107 Å². The van der Waals surface area contributed by atoms with Crippen LogP contribution in [0.25, 0.3) is 10.8 Å². The van der Waals surface area contributed by atoms with Gasteiger partial charge in [-0.05, 0) is 35.7 Å². The zero-order valence-electron chi connectivity index (χ0n) is 10.7. The molecule has 2 saturated heterocycles. The Kier molecular flexibility index (Phi) is 1.84. The third-order valence-electron chi connectivity index (χ3n) is 4.22. The van der Waals surface area contributed by atoms with Gasteiger partial charge in [0.15, 0.2) is 0 Å². The summed E-state index contributed by atoms with van der Waals surface area (Å²) in [5.74, 6) is 0. The van der Waals surface area contributed by atoms with E-state index in [-0.39, 0.29) is 11.2 Å². The van der Waals surface area contributed by atoms with Crippen LogP contribution in [0.1, 0.15) is 25.0 Å². The standard InChI is InChI=1S/C16H16O2/c1-15(9-17-15)13-7-3-6-12-11(13)5-4-8-14(12)16(2)10-18-16/h3-8H,9-10H2,1-2H3. The molecule has 0 N–H and O–H groups in total. The molecule has 0 saturated carbocycles. The highest BCUT2D eigenvalue weighted by Gasteiger charge is 2.44. The van der Waals surface area contributed by atoms with E-state index in [9.17, 15) is 0 Å². The quantitative estimate of drug-likeness (QED) is 0.752. The summed E-state index contributed by atoms with van der Waals surface area (Å²) in [5.41, 5.74) is 2.43. The lowest BCUT2D eigenvalue weighted by Gasteiger charge is -2.14. The number of hydrogen-bond donors (Lipinski definition) is 0. The second-order valence-electron chi connectivity index (χ2n) is 5.75. The van der Waals surface area contributed by atoms with Gasteiger partial charge < -0.3 is 9.47 Å². The first-order valence-electron chi connectivity index (χ1n) is 6.43. The Bertz CT molecular complexity index is 579. The molecule has 0 aliphatic carbocycles. The van der Waals surface area contributed by atoms with Gasteiger partial charge in [-0.25, -0.2) is 0 Å². The summed E-state index contributed by atoms with van der Waals surface area (Å²) in [4.78, 5) is 0. The highest BCUT2D eigenvalue weighted by Crippen LogP contribution is 2.45. The number of fused-ring (bicyclic) bond motifs is 1. The van der Waals surface area contributed by atoms with Crippen molar-refractivity contribution < 1.29 is 9.47 Å². The SMILES string of the molecule is CC1(c2cccc3c(C4(C)CO4)cccc23)CO1. The molecule has 2 nitrogen and oxygen atoms in total. The molecular weight excluding hydrogens is 224 g/mol. The number of ether oxygens (including phenoxy) is 2. The normalized spacial score (nSPS) is 33.7. The van der Waals surface area contributed by atoms with E-state index in [1.165, 1.54) is 21.9 Å². The van der Waals surface area contributed by atoms with Crippen molar-refractivity contribution in [3.05, 3.63) is 47.5 Å². The number of epoxide rings is 2. The van der Waals surface area contributed by atoms with Crippen LogP contribution < -0.4 is 0 Å². The van der Waals surface area contributed by atoms with Crippen molar-refractivity contribution in [2.24, 2.45) is 0 Å². The molecule has 2 aromatic carbocycles. The largest absolute Gasteiger partial charge is 0.365 e. The Morgan fingerprint density at radius 2 is 1.17 bits per heavy atom. The molecule has 92 valence electrons. The van der Waals surface area contributed by atoms with Crippen molar-refractivity contribution in [2.75, 3.05) is 13.2 Å². The molecule has 2 aliphatic heterocycles. The summed E-state index contributed by atoms with van der Waals surface area (Å²) in [6.07, 6.45) is 0. The molecule has 2 heteroatoms. The maximum atomic E-state index is 5.60. The minimum Gasteiger partial charge on any atom is -0.365 e. The van der Waals surface area contributed by atoms with Gasteiger partial charge in [0.25, 0.3) is 0 Å². The van der Waals surface area contributed by atoms with Gasteiger partial charge in [0.1, 0.15) is 11.2 Å². The Morgan fingerprint density at radius 3 is 1.50 bits per heavy atom. The summed E-state index contributed by atoms with van der Waals surface area (Å²) in [7, 11) is 0. The molecule has 0 aromatic heterocycles. The number of rotatable bonds is 2. The average Bonchev–Trinajstić information content (AvgIpc) is 3.29. The van der Waals surface area contributed by atoms with Crippen LogP contribution in [0, 0.1) is 0 Å². The minimum absolute atomic E-state index is 0.0799. The fourth-order valence-electron chi connectivity index (χ4n) is 2.76. The number of hydrogen-bond acceptors (Lipinski definition) is 2. The predicted octanol–water partition coefficient (Wildman–Crippen LogP) is 3.33. The summed E-state index contributed by atoms with van der Waals surface area (Å²) >= 11 is 0. The van der Waals surface area contributed by atoms with Crippen molar-refractivity contribution in [3.63, 3.8) is 0 Å². The van der Waals surface area contributed by atoms with Crippen molar-refractivity contribution in [1.82, 2.24) is 0 Å². The Morgan fingerprint density at radius 1 is 0.778 bits per heavy atom. The molecular formula is C16H16O2. The molecule has 2 atom stereocenters. The zero-order valence-corrected chi connectivity index (χ0v) is 10.7. The van der Waals surface area contributed by atoms with Crippen molar-refractivity contribution in [1.29, 1.82) is 0 Å². The molecule has 2 aliphatic rings. The first-order valence-corrected chi connectivity index (χ1v) is 6.43. The Balaban J connectivity index is 2.01. The summed E-state index contributed by atoms with van der Waals surface area (Å²) in [5, 5.41) is 2.60. The van der Waals surface area contributed by atoms with Crippen LogP contribution in [0.15, 0.2) is 36.4 Å². The maximum Gasteiger partial charge on any atom is 0.114 e. The molecule has 2 aromatic rings. The molecule has 4 rings (SSSR count). The van der Waals surface area contributed by atoms with Gasteiger partial charge in [0, 0.05) is 0 Å². The van der Waals surface area contributed by atoms with Gasteiger partial charge >= 0.3 is 0 Å².